The fourth-order valence-electron chi connectivity index (χ4n) is 13.5. The van der Waals surface area contributed by atoms with Crippen molar-refractivity contribution in [2.45, 2.75) is 150 Å². The van der Waals surface area contributed by atoms with E-state index in [-0.39, 0.29) is 0 Å². The van der Waals surface area contributed by atoms with Gasteiger partial charge in [0.1, 0.15) is 12.2 Å². The quantitative estimate of drug-likeness (QED) is 0.360. The molecule has 0 amide bonds. The number of fused-ring (bicyclic) bond motifs is 7. The molecule has 6 aliphatic rings. The Morgan fingerprint density at radius 3 is 2.08 bits per heavy atom. The van der Waals surface area contributed by atoms with Gasteiger partial charge in [-0.05, 0) is 140 Å². The van der Waals surface area contributed by atoms with Crippen LogP contribution in [0.2, 0.25) is 0 Å². The summed E-state index contributed by atoms with van der Waals surface area (Å²) in [5.41, 5.74) is 2.33. The van der Waals surface area contributed by atoms with Crippen molar-refractivity contribution in [3.63, 3.8) is 0 Å². The lowest BCUT2D eigenvalue weighted by Gasteiger charge is -2.73. The van der Waals surface area contributed by atoms with Crippen molar-refractivity contribution >= 4 is 5.97 Å². The summed E-state index contributed by atoms with van der Waals surface area (Å²) in [5.74, 6) is 3.98. The van der Waals surface area contributed by atoms with E-state index in [4.69, 9.17) is 4.74 Å². The number of hydrogen-bond donors (Lipinski definition) is 2. The Balaban J connectivity index is 1.20. The third-order valence-corrected chi connectivity index (χ3v) is 15.6. The summed E-state index contributed by atoms with van der Waals surface area (Å²) >= 11 is 0. The van der Waals surface area contributed by atoms with Crippen LogP contribution in [0, 0.1) is 62.6 Å². The molecule has 0 aromatic rings. The summed E-state index contributed by atoms with van der Waals surface area (Å²) in [5, 5.41) is 20.1. The van der Waals surface area contributed by atoms with Gasteiger partial charge in [-0.3, -0.25) is 0 Å². The smallest absolute Gasteiger partial charge is 0.338 e. The Labute approximate surface area is 238 Å². The van der Waals surface area contributed by atoms with Crippen molar-refractivity contribution in [2.75, 3.05) is 0 Å². The number of ether oxygens (including phenoxy) is 1. The molecule has 0 bridgehead atoms. The van der Waals surface area contributed by atoms with Gasteiger partial charge in [0.15, 0.2) is 6.10 Å². The molecule has 4 unspecified atom stereocenters. The Morgan fingerprint density at radius 2 is 1.44 bits per heavy atom. The van der Waals surface area contributed by atoms with Crippen molar-refractivity contribution in [1.82, 2.24) is 0 Å². The minimum absolute atomic E-state index is 0.430. The van der Waals surface area contributed by atoms with E-state index in [0.717, 1.165) is 36.0 Å². The van der Waals surface area contributed by atoms with E-state index in [1.807, 2.05) is 0 Å². The SMILES string of the molecule is CC(CCC1OC(=O)C(O)C1O)[C@H]1CC[C@]2(C)[C@H]3CC[C@@H]4[C@@]5(C)CCCC(C)(C)[C@@H]5CC[C@@]4(C)[C@]3(C)CC[C@@H]12. The number of carbonyl (C=O) groups excluding carboxylic acids is 1. The number of aliphatic hydroxyl groups excluding tert-OH is 2. The van der Waals surface area contributed by atoms with Gasteiger partial charge in [-0.2, -0.15) is 0 Å². The van der Waals surface area contributed by atoms with Crippen LogP contribution in [0.1, 0.15) is 132 Å². The number of carbonyl (C=O) groups is 1. The normalized spacial score (nSPS) is 55.2. The first kappa shape index (κ1) is 28.5. The second-order valence-corrected chi connectivity index (χ2v) is 17.3. The van der Waals surface area contributed by atoms with E-state index in [2.05, 4.69) is 48.5 Å². The highest BCUT2D eigenvalue weighted by atomic mass is 16.6. The van der Waals surface area contributed by atoms with E-state index in [1.165, 1.54) is 70.6 Å². The summed E-state index contributed by atoms with van der Waals surface area (Å²) in [6.45, 7) is 18.5. The van der Waals surface area contributed by atoms with Gasteiger partial charge in [0, 0.05) is 0 Å². The number of cyclic esters (lactones) is 1. The first-order chi connectivity index (χ1) is 18.2. The molecule has 6 rings (SSSR count). The Kier molecular flexibility index (Phi) is 6.72. The van der Waals surface area contributed by atoms with Gasteiger partial charge in [-0.1, -0.05) is 54.9 Å². The number of hydrogen-bond acceptors (Lipinski definition) is 4. The van der Waals surface area contributed by atoms with Gasteiger partial charge in [0.05, 0.1) is 0 Å². The minimum atomic E-state index is -1.37. The first-order valence-electron chi connectivity index (χ1n) is 16.8. The lowest BCUT2D eigenvalue weighted by Crippen LogP contribution is -2.65. The van der Waals surface area contributed by atoms with E-state index in [9.17, 15) is 15.0 Å². The average Bonchev–Trinajstić information content (AvgIpc) is 3.33. The molecule has 5 aliphatic carbocycles. The Bertz CT molecular complexity index is 976. The van der Waals surface area contributed by atoms with E-state index in [1.54, 1.807) is 0 Å². The highest BCUT2D eigenvalue weighted by Gasteiger charge is 2.70. The van der Waals surface area contributed by atoms with E-state index < -0.39 is 24.3 Å². The van der Waals surface area contributed by atoms with Gasteiger partial charge in [-0.25, -0.2) is 4.79 Å². The predicted octanol–water partition coefficient (Wildman–Crippen LogP) is 7.54. The van der Waals surface area contributed by atoms with Crippen molar-refractivity contribution in [2.24, 2.45) is 62.6 Å². The maximum atomic E-state index is 11.7. The molecule has 0 aromatic carbocycles. The first-order valence-corrected chi connectivity index (χ1v) is 16.8. The van der Waals surface area contributed by atoms with Crippen LogP contribution in [0.4, 0.5) is 0 Å². The van der Waals surface area contributed by atoms with Crippen molar-refractivity contribution in [1.29, 1.82) is 0 Å². The van der Waals surface area contributed by atoms with Gasteiger partial charge in [0.25, 0.3) is 0 Å². The van der Waals surface area contributed by atoms with Crippen LogP contribution < -0.4 is 0 Å². The lowest BCUT2D eigenvalue weighted by molar-refractivity contribution is -0.241. The number of aliphatic hydroxyl groups is 2. The van der Waals surface area contributed by atoms with Gasteiger partial charge >= 0.3 is 5.97 Å². The molecule has 222 valence electrons. The molecular formula is C35H58O4. The molecule has 4 heteroatoms. The number of esters is 1. The molecule has 5 saturated carbocycles. The summed E-state index contributed by atoms with van der Waals surface area (Å²) in [4.78, 5) is 11.7. The molecule has 6 fully saturated rings. The second kappa shape index (κ2) is 9.19. The molecule has 4 nitrogen and oxygen atoms in total. The maximum absolute atomic E-state index is 11.7. The predicted molar refractivity (Wildman–Crippen MR) is 155 cm³/mol. The molecule has 0 aromatic heterocycles. The molecule has 0 radical (unpaired) electrons. The van der Waals surface area contributed by atoms with Gasteiger partial charge < -0.3 is 14.9 Å². The zero-order chi connectivity index (χ0) is 28.2. The second-order valence-electron chi connectivity index (χ2n) is 17.3. The fourth-order valence-corrected chi connectivity index (χ4v) is 13.5. The van der Waals surface area contributed by atoms with Crippen molar-refractivity contribution in [3.8, 4) is 0 Å². The van der Waals surface area contributed by atoms with Gasteiger partial charge in [0.2, 0.25) is 0 Å². The van der Waals surface area contributed by atoms with Crippen LogP contribution in [0.15, 0.2) is 0 Å². The maximum Gasteiger partial charge on any atom is 0.338 e. The van der Waals surface area contributed by atoms with Crippen LogP contribution in [-0.4, -0.2) is 34.5 Å². The molecule has 39 heavy (non-hydrogen) atoms. The topological polar surface area (TPSA) is 66.8 Å². The molecule has 13 atom stereocenters. The summed E-state index contributed by atoms with van der Waals surface area (Å²) in [6, 6.07) is 0. The molecule has 1 saturated heterocycles. The highest BCUT2D eigenvalue weighted by Crippen LogP contribution is 2.78. The average molecular weight is 543 g/mol. The molecule has 0 spiro atoms. The van der Waals surface area contributed by atoms with Crippen molar-refractivity contribution < 1.29 is 19.7 Å². The zero-order valence-electron chi connectivity index (χ0n) is 26.1. The lowest BCUT2D eigenvalue weighted by atomic mass is 9.32. The highest BCUT2D eigenvalue weighted by molar-refractivity contribution is 5.77. The van der Waals surface area contributed by atoms with Crippen LogP contribution in [0.25, 0.3) is 0 Å². The van der Waals surface area contributed by atoms with Crippen molar-refractivity contribution in [3.05, 3.63) is 0 Å². The monoisotopic (exact) mass is 542 g/mol. The van der Waals surface area contributed by atoms with Crippen LogP contribution in [0.5, 0.6) is 0 Å². The summed E-state index contributed by atoms with van der Waals surface area (Å²) < 4.78 is 5.29. The molecule has 2 N–H and O–H groups in total. The minimum Gasteiger partial charge on any atom is -0.457 e. The van der Waals surface area contributed by atoms with E-state index in [0.29, 0.717) is 39.4 Å². The number of rotatable bonds is 4. The largest absolute Gasteiger partial charge is 0.457 e. The van der Waals surface area contributed by atoms with Crippen LogP contribution in [-0.2, 0) is 9.53 Å². The summed E-state index contributed by atoms with van der Waals surface area (Å²) in [7, 11) is 0. The fraction of sp³-hybridized carbons (Fsp3) is 0.971. The Hall–Kier alpha value is -0.610. The third kappa shape index (κ3) is 3.84. The molecule has 1 aliphatic heterocycles. The van der Waals surface area contributed by atoms with E-state index >= 15 is 0 Å². The van der Waals surface area contributed by atoms with Crippen LogP contribution >= 0.6 is 0 Å². The summed E-state index contributed by atoms with van der Waals surface area (Å²) in [6.07, 6.45) is 14.1. The third-order valence-electron chi connectivity index (χ3n) is 15.6. The molecular weight excluding hydrogens is 484 g/mol. The zero-order valence-corrected chi connectivity index (χ0v) is 26.1. The van der Waals surface area contributed by atoms with Crippen LogP contribution in [0.3, 0.4) is 0 Å². The molecule has 1 heterocycles. The van der Waals surface area contributed by atoms with Gasteiger partial charge in [-0.15, -0.1) is 0 Å². The Morgan fingerprint density at radius 1 is 0.795 bits per heavy atom. The standard InChI is InChI=1S/C35H58O4/c1-21(9-10-24-28(36)29(37)30(38)39-24)22-13-18-32(4)23(22)14-19-34(6)26(32)11-12-27-33(5)17-8-16-31(2,3)25(33)15-20-35(27,34)7/h21-29,36-37H,8-20H2,1-7H3/t21?,22-,23+,24?,25+,26-,27-,28?,29?,32+,33+,34-,35-/m1/s1.